The molecule has 0 aromatic carbocycles. The molecule has 0 bridgehead atoms. The van der Waals surface area contributed by atoms with Crippen LogP contribution in [0.15, 0.2) is 0 Å². The average Bonchev–Trinajstić information content (AvgIpc) is 2.87. The summed E-state index contributed by atoms with van der Waals surface area (Å²) < 4.78 is 11.2. The molecule has 0 amide bonds. The van der Waals surface area contributed by atoms with E-state index in [4.69, 9.17) is 9.47 Å². The van der Waals surface area contributed by atoms with Crippen molar-refractivity contribution in [2.24, 2.45) is 34.5 Å². The van der Waals surface area contributed by atoms with Gasteiger partial charge in [-0.05, 0) is 74.0 Å². The number of ether oxygens (including phenoxy) is 2. The molecule has 38 heavy (non-hydrogen) atoms. The maximum absolute atomic E-state index is 12.5. The van der Waals surface area contributed by atoms with Crippen LogP contribution in [0.1, 0.15) is 158 Å². The van der Waals surface area contributed by atoms with Crippen molar-refractivity contribution in [3.05, 3.63) is 0 Å². The topological polar surface area (TPSA) is 52.6 Å². The minimum atomic E-state index is -0.0635. The molecule has 1 fully saturated rings. The van der Waals surface area contributed by atoms with Crippen LogP contribution in [0, 0.1) is 34.5 Å². The lowest BCUT2D eigenvalue weighted by molar-refractivity contribution is -0.155. The van der Waals surface area contributed by atoms with Crippen LogP contribution >= 0.6 is 0 Å². The van der Waals surface area contributed by atoms with Crippen molar-refractivity contribution in [1.29, 1.82) is 0 Å². The van der Waals surface area contributed by atoms with E-state index in [9.17, 15) is 9.59 Å². The molecule has 2 atom stereocenters. The molecule has 0 aromatic heterocycles. The maximum atomic E-state index is 12.5. The maximum Gasteiger partial charge on any atom is 0.308 e. The van der Waals surface area contributed by atoms with Crippen LogP contribution in [0.3, 0.4) is 0 Å². The summed E-state index contributed by atoms with van der Waals surface area (Å²) >= 11 is 0. The first-order valence-electron chi connectivity index (χ1n) is 16.2. The first-order valence-corrected chi connectivity index (χ1v) is 16.2. The molecule has 0 heterocycles. The molecular weight excluding hydrogens is 472 g/mol. The third-order valence-electron chi connectivity index (χ3n) is 9.28. The van der Waals surface area contributed by atoms with Gasteiger partial charge < -0.3 is 9.47 Å². The Bertz CT molecular complexity index is 589. The molecule has 0 aromatic rings. The van der Waals surface area contributed by atoms with Crippen LogP contribution in [0.5, 0.6) is 0 Å². The summed E-state index contributed by atoms with van der Waals surface area (Å²) in [6.07, 6.45) is 17.1. The molecule has 1 aliphatic rings. The average molecular weight is 537 g/mol. The summed E-state index contributed by atoms with van der Waals surface area (Å²) in [7, 11) is 0. The highest BCUT2D eigenvalue weighted by Crippen LogP contribution is 2.33. The predicted molar refractivity (Wildman–Crippen MR) is 160 cm³/mol. The fraction of sp³-hybridized carbons (Fsp3) is 0.941. The smallest absolute Gasteiger partial charge is 0.308 e. The highest BCUT2D eigenvalue weighted by molar-refractivity contribution is 5.75. The molecule has 4 heteroatoms. The van der Waals surface area contributed by atoms with Gasteiger partial charge in [0.2, 0.25) is 0 Å². The van der Waals surface area contributed by atoms with Gasteiger partial charge in [-0.3, -0.25) is 9.59 Å². The van der Waals surface area contributed by atoms with Crippen molar-refractivity contribution < 1.29 is 19.1 Å². The van der Waals surface area contributed by atoms with E-state index in [2.05, 4.69) is 55.4 Å². The number of rotatable bonds is 20. The summed E-state index contributed by atoms with van der Waals surface area (Å²) in [5.41, 5.74) is 0.879. The number of hydrogen-bond donors (Lipinski definition) is 0. The summed E-state index contributed by atoms with van der Waals surface area (Å²) in [5, 5.41) is 0. The molecule has 1 aliphatic carbocycles. The molecule has 0 radical (unpaired) electrons. The van der Waals surface area contributed by atoms with Gasteiger partial charge in [0, 0.05) is 0 Å². The van der Waals surface area contributed by atoms with Gasteiger partial charge in [0.25, 0.3) is 0 Å². The fourth-order valence-electron chi connectivity index (χ4n) is 6.07. The van der Waals surface area contributed by atoms with Crippen LogP contribution in [0.2, 0.25) is 0 Å². The van der Waals surface area contributed by atoms with Gasteiger partial charge in [0.1, 0.15) is 0 Å². The lowest BCUT2D eigenvalue weighted by Crippen LogP contribution is -2.28. The van der Waals surface area contributed by atoms with E-state index in [1.54, 1.807) is 0 Å². The SMILES string of the molecule is CCC(C)(C)CC(C)CCCCCOC(=O)C1CCC(C(=O)OCCCCCC(C)CC(C)(C)CC)CC1. The Hall–Kier alpha value is -1.06. The van der Waals surface area contributed by atoms with Crippen molar-refractivity contribution in [3.8, 4) is 0 Å². The van der Waals surface area contributed by atoms with Crippen molar-refractivity contribution in [2.45, 2.75) is 158 Å². The molecular formula is C34H64O4. The summed E-state index contributed by atoms with van der Waals surface area (Å²) in [6.45, 7) is 19.8. The molecule has 0 spiro atoms. The number of esters is 2. The van der Waals surface area contributed by atoms with E-state index >= 15 is 0 Å². The van der Waals surface area contributed by atoms with E-state index in [-0.39, 0.29) is 23.8 Å². The summed E-state index contributed by atoms with van der Waals surface area (Å²) in [5.74, 6) is 1.29. The summed E-state index contributed by atoms with van der Waals surface area (Å²) in [4.78, 5) is 25.0. The molecule has 224 valence electrons. The zero-order chi connectivity index (χ0) is 28.6. The van der Waals surface area contributed by atoms with Crippen LogP contribution in [-0.4, -0.2) is 25.2 Å². The molecule has 2 unspecified atom stereocenters. The highest BCUT2D eigenvalue weighted by Gasteiger charge is 2.31. The van der Waals surface area contributed by atoms with Gasteiger partial charge in [-0.15, -0.1) is 0 Å². The predicted octanol–water partition coefficient (Wildman–Crippen LogP) is 9.92. The second-order valence-corrected chi connectivity index (χ2v) is 14.2. The quantitative estimate of drug-likeness (QED) is 0.115. The van der Waals surface area contributed by atoms with Crippen LogP contribution in [0.4, 0.5) is 0 Å². The van der Waals surface area contributed by atoms with E-state index in [0.717, 1.165) is 63.2 Å². The van der Waals surface area contributed by atoms with Gasteiger partial charge in [0.05, 0.1) is 25.0 Å². The molecule has 4 nitrogen and oxygen atoms in total. The Morgan fingerprint density at radius 1 is 0.632 bits per heavy atom. The zero-order valence-corrected chi connectivity index (χ0v) is 26.7. The Kier molecular flexibility index (Phi) is 16.9. The van der Waals surface area contributed by atoms with Crippen molar-refractivity contribution in [1.82, 2.24) is 0 Å². The third-order valence-corrected chi connectivity index (χ3v) is 9.28. The Balaban J connectivity index is 2.08. The first kappa shape index (κ1) is 35.0. The normalized spacial score (nSPS) is 20.1. The van der Waals surface area contributed by atoms with Crippen LogP contribution in [-0.2, 0) is 19.1 Å². The van der Waals surface area contributed by atoms with E-state index in [0.29, 0.717) is 24.0 Å². The number of hydrogen-bond acceptors (Lipinski definition) is 4. The second-order valence-electron chi connectivity index (χ2n) is 14.2. The standard InChI is InChI=1S/C34H64O4/c1-9-33(5,6)25-27(3)17-13-11-15-23-37-31(35)29-19-21-30(22-20-29)32(36)38-24-16-12-14-18-28(4)26-34(7,8)10-2/h27-30H,9-26H2,1-8H3. The Labute approximate surface area is 236 Å². The number of carbonyl (C=O) groups is 2. The first-order chi connectivity index (χ1) is 17.9. The number of unbranched alkanes of at least 4 members (excludes halogenated alkanes) is 4. The fourth-order valence-corrected chi connectivity index (χ4v) is 6.07. The lowest BCUT2D eigenvalue weighted by atomic mass is 9.80. The Morgan fingerprint density at radius 2 is 0.974 bits per heavy atom. The van der Waals surface area contributed by atoms with Crippen molar-refractivity contribution >= 4 is 11.9 Å². The second kappa shape index (κ2) is 18.3. The highest BCUT2D eigenvalue weighted by atomic mass is 16.5. The van der Waals surface area contributed by atoms with Gasteiger partial charge >= 0.3 is 11.9 Å². The molecule has 0 N–H and O–H groups in total. The van der Waals surface area contributed by atoms with Gasteiger partial charge in [0.15, 0.2) is 0 Å². The molecule has 1 rings (SSSR count). The monoisotopic (exact) mass is 536 g/mol. The Morgan fingerprint density at radius 3 is 1.29 bits per heavy atom. The minimum absolute atomic E-state index is 0.0463. The molecule has 0 saturated heterocycles. The third kappa shape index (κ3) is 15.5. The van der Waals surface area contributed by atoms with Crippen molar-refractivity contribution in [3.63, 3.8) is 0 Å². The zero-order valence-electron chi connectivity index (χ0n) is 26.7. The lowest BCUT2D eigenvalue weighted by Gasteiger charge is -2.27. The largest absolute Gasteiger partial charge is 0.465 e. The van der Waals surface area contributed by atoms with E-state index in [1.165, 1.54) is 51.4 Å². The van der Waals surface area contributed by atoms with Crippen LogP contribution < -0.4 is 0 Å². The minimum Gasteiger partial charge on any atom is -0.465 e. The number of carbonyl (C=O) groups excluding carboxylic acids is 2. The van der Waals surface area contributed by atoms with Crippen molar-refractivity contribution in [2.75, 3.05) is 13.2 Å². The molecule has 0 aliphatic heterocycles. The molecule has 1 saturated carbocycles. The van der Waals surface area contributed by atoms with Gasteiger partial charge in [-0.25, -0.2) is 0 Å². The van der Waals surface area contributed by atoms with E-state index in [1.807, 2.05) is 0 Å². The van der Waals surface area contributed by atoms with Gasteiger partial charge in [-0.2, -0.15) is 0 Å². The van der Waals surface area contributed by atoms with Crippen LogP contribution in [0.25, 0.3) is 0 Å². The van der Waals surface area contributed by atoms with E-state index < -0.39 is 0 Å². The van der Waals surface area contributed by atoms with Gasteiger partial charge in [-0.1, -0.05) is 107 Å². The summed E-state index contributed by atoms with van der Waals surface area (Å²) in [6, 6.07) is 0.